The third-order valence-corrected chi connectivity index (χ3v) is 14.6. The molecule has 70 heavy (non-hydrogen) atoms. The Bertz CT molecular complexity index is 2280. The number of ether oxygens (including phenoxy) is 1. The smallest absolute Gasteiger partial charge is 0.481 e. The normalized spacial score (nSPS) is 17.9. The van der Waals surface area contributed by atoms with Crippen LogP contribution in [0.2, 0.25) is 0 Å². The lowest BCUT2D eigenvalue weighted by Crippen LogP contribution is -2.48. The molecule has 0 radical (unpaired) electrons. The summed E-state index contributed by atoms with van der Waals surface area (Å²) in [7, 11) is -1.43. The molecular formula is C49H70N5O14PS. The fourth-order valence-electron chi connectivity index (χ4n) is 9.11. The highest BCUT2D eigenvalue weighted by molar-refractivity contribution is 7.46. The Balaban J connectivity index is 1.52. The van der Waals surface area contributed by atoms with Gasteiger partial charge in [-0.25, -0.2) is 9.55 Å². The number of carboxylic acid groups (broad SMARTS) is 1. The summed E-state index contributed by atoms with van der Waals surface area (Å²) in [6.45, 7) is 11.6. The minimum absolute atomic E-state index is 0.0468. The zero-order valence-electron chi connectivity index (χ0n) is 41.5. The van der Waals surface area contributed by atoms with Crippen molar-refractivity contribution in [3.8, 4) is 5.75 Å². The number of carbonyl (C=O) groups excluding carboxylic acids is 7. The second-order valence-corrected chi connectivity index (χ2v) is 21.1. The van der Waals surface area contributed by atoms with Crippen molar-refractivity contribution in [2.75, 3.05) is 32.5 Å². The van der Waals surface area contributed by atoms with Crippen molar-refractivity contribution in [3.05, 3.63) is 52.0 Å². The first-order valence-electron chi connectivity index (χ1n) is 24.0. The molecule has 1 saturated heterocycles. The average Bonchev–Trinajstić information content (AvgIpc) is 3.91. The summed E-state index contributed by atoms with van der Waals surface area (Å²) >= 11 is 1.11. The largest absolute Gasteiger partial charge is 0.524 e. The van der Waals surface area contributed by atoms with Crippen molar-refractivity contribution in [1.29, 1.82) is 0 Å². The van der Waals surface area contributed by atoms with E-state index in [0.29, 0.717) is 23.4 Å². The van der Waals surface area contributed by atoms with Crippen LogP contribution < -0.4 is 9.84 Å². The first-order valence-corrected chi connectivity index (χ1v) is 26.4. The van der Waals surface area contributed by atoms with Crippen molar-refractivity contribution in [2.24, 2.45) is 29.6 Å². The molecule has 2 aromatic rings. The van der Waals surface area contributed by atoms with Crippen LogP contribution in [0.5, 0.6) is 5.75 Å². The number of benzene rings is 1. The number of nitrogens with zero attached hydrogens (tertiary/aromatic N) is 4. The maximum Gasteiger partial charge on any atom is 0.524 e. The van der Waals surface area contributed by atoms with Gasteiger partial charge in [-0.2, -0.15) is 0 Å². The van der Waals surface area contributed by atoms with Gasteiger partial charge in [0, 0.05) is 75.7 Å². The van der Waals surface area contributed by atoms with Gasteiger partial charge in [-0.15, -0.1) is 11.3 Å². The maximum absolute atomic E-state index is 14.4. The number of amides is 4. The van der Waals surface area contributed by atoms with E-state index in [2.05, 4.69) is 15.2 Å². The maximum atomic E-state index is 14.4. The molecule has 19 nitrogen and oxygen atoms in total. The summed E-state index contributed by atoms with van der Waals surface area (Å²) in [5.41, 5.74) is 0.461. The molecule has 386 valence electrons. The Hall–Kier alpha value is -5.14. The van der Waals surface area contributed by atoms with E-state index in [0.717, 1.165) is 54.2 Å². The first-order chi connectivity index (χ1) is 32.9. The number of nitrogens with one attached hydrogen (secondary N) is 1. The quantitative estimate of drug-likeness (QED) is 0.0225. The predicted molar refractivity (Wildman–Crippen MR) is 260 cm³/mol. The van der Waals surface area contributed by atoms with E-state index < -0.39 is 73.2 Å². The zero-order valence-corrected chi connectivity index (χ0v) is 43.2. The molecule has 1 aromatic carbocycles. The van der Waals surface area contributed by atoms with Gasteiger partial charge in [0.05, 0.1) is 17.6 Å². The lowest BCUT2D eigenvalue weighted by Gasteiger charge is -2.37. The predicted octanol–water partition coefficient (Wildman–Crippen LogP) is 6.77. The third-order valence-electron chi connectivity index (χ3n) is 13.3. The van der Waals surface area contributed by atoms with Gasteiger partial charge in [-0.3, -0.25) is 57.9 Å². The number of hydrogen-bond acceptors (Lipinski definition) is 14. The van der Waals surface area contributed by atoms with E-state index in [4.69, 9.17) is 9.26 Å². The van der Waals surface area contributed by atoms with Gasteiger partial charge in [0.25, 0.3) is 11.8 Å². The Kier molecular flexibility index (Phi) is 21.6. The van der Waals surface area contributed by atoms with Crippen LogP contribution in [0.15, 0.2) is 35.7 Å². The van der Waals surface area contributed by atoms with Crippen molar-refractivity contribution < 1.29 is 67.1 Å². The summed E-state index contributed by atoms with van der Waals surface area (Å²) in [5, 5.41) is 14.3. The molecule has 3 heterocycles. The van der Waals surface area contributed by atoms with Gasteiger partial charge in [0.2, 0.25) is 11.8 Å². The summed E-state index contributed by atoms with van der Waals surface area (Å²) in [6.07, 6.45) is 5.60. The number of ketones is 2. The topological polar surface area (TPSA) is 267 Å². The molecular weight excluding hydrogens is 946 g/mol. The Morgan fingerprint density at radius 1 is 1.00 bits per heavy atom. The number of likely N-dealkylation sites (N-methyl/N-ethyl adjacent to an activating group) is 1. The van der Waals surface area contributed by atoms with E-state index in [1.165, 1.54) is 37.4 Å². The molecule has 0 saturated carbocycles. The minimum atomic E-state index is -5.09. The molecule has 2 aliphatic heterocycles. The number of anilines is 1. The van der Waals surface area contributed by atoms with Crippen molar-refractivity contribution in [2.45, 2.75) is 137 Å². The fraction of sp³-hybridized carbons (Fsp3) is 0.612. The molecule has 7 atom stereocenters. The molecule has 2 aliphatic rings. The van der Waals surface area contributed by atoms with E-state index >= 15 is 0 Å². The van der Waals surface area contributed by atoms with E-state index in [1.54, 1.807) is 11.9 Å². The number of piperidine rings is 1. The Morgan fingerprint density at radius 2 is 1.69 bits per heavy atom. The number of carboxylic acids is 1. The molecule has 0 spiro atoms. The highest BCUT2D eigenvalue weighted by Crippen LogP contribution is 2.42. The standard InChI is InChI=1S/C49H70N5O14PS/c1-9-30(4)35(26-41(57)38-14-10-12-20-52(38)7)48(61)53(8)39(29(2)3)27-43(67-32(6)55)47-51-37(28-70-47)40(56)25-34(22-31(5)49(62)63)23-33-16-17-42(68-69(64,65)66)36(24-33)50-44(58)15-11-13-21-54-45(59)18-19-46(54)60/h16-19,24,28-31,34-35,38-39,43H,9-15,20-23,25-27H2,1-8H3,(H,50,58)(H,62,63)(H2,64,65,66)/t30-,31?,34+,35?,38?,39+,43+/m0/s1. The summed E-state index contributed by atoms with van der Waals surface area (Å²) < 4.78 is 22.5. The molecule has 4 N–H and O–H groups in total. The lowest BCUT2D eigenvalue weighted by atomic mass is 9.83. The monoisotopic (exact) mass is 1020 g/mol. The number of hydrogen-bond donors (Lipinski definition) is 4. The number of rotatable bonds is 28. The number of carbonyl (C=O) groups is 8. The molecule has 4 rings (SSSR count). The van der Waals surface area contributed by atoms with Crippen LogP contribution in [-0.4, -0.2) is 121 Å². The van der Waals surface area contributed by atoms with Crippen molar-refractivity contribution >= 4 is 72.0 Å². The molecule has 1 fully saturated rings. The van der Waals surface area contributed by atoms with Gasteiger partial charge < -0.3 is 24.6 Å². The van der Waals surface area contributed by atoms with Crippen LogP contribution in [-0.2, 0) is 49.3 Å². The average molecular weight is 1020 g/mol. The second-order valence-electron chi connectivity index (χ2n) is 19.1. The van der Waals surface area contributed by atoms with Crippen LogP contribution >= 0.6 is 19.2 Å². The van der Waals surface area contributed by atoms with Crippen LogP contribution in [0.4, 0.5) is 5.69 Å². The van der Waals surface area contributed by atoms with Gasteiger partial charge in [0.15, 0.2) is 23.4 Å². The number of phosphoric ester groups is 1. The number of aromatic nitrogens is 1. The van der Waals surface area contributed by atoms with Crippen LogP contribution in [0, 0.1) is 29.6 Å². The van der Waals surface area contributed by atoms with Gasteiger partial charge in [-0.1, -0.05) is 53.5 Å². The van der Waals surface area contributed by atoms with Crippen molar-refractivity contribution in [1.82, 2.24) is 19.7 Å². The summed E-state index contributed by atoms with van der Waals surface area (Å²) in [4.78, 5) is 132. The summed E-state index contributed by atoms with van der Waals surface area (Å²) in [5.74, 6) is -6.22. The second kappa shape index (κ2) is 26.3. The van der Waals surface area contributed by atoms with E-state index in [-0.39, 0.29) is 98.2 Å². The molecule has 4 amide bonds. The highest BCUT2D eigenvalue weighted by Gasteiger charge is 2.38. The number of esters is 1. The van der Waals surface area contributed by atoms with Gasteiger partial charge >= 0.3 is 19.8 Å². The van der Waals surface area contributed by atoms with E-state index in [1.807, 2.05) is 34.7 Å². The molecule has 3 unspecified atom stereocenters. The lowest BCUT2D eigenvalue weighted by molar-refractivity contribution is -0.150. The highest BCUT2D eigenvalue weighted by atomic mass is 32.1. The fourth-order valence-corrected chi connectivity index (χ4v) is 10.4. The summed E-state index contributed by atoms with van der Waals surface area (Å²) in [6, 6.07) is 3.48. The third kappa shape index (κ3) is 17.0. The number of aliphatic carboxylic acids is 1. The van der Waals surface area contributed by atoms with Crippen LogP contribution in [0.25, 0.3) is 0 Å². The van der Waals surface area contributed by atoms with E-state index in [9.17, 15) is 57.8 Å². The minimum Gasteiger partial charge on any atom is -0.481 e. The SMILES string of the molecule is CC[C@H](C)C(CC(=O)C1CCCCN1C)C(=O)N(C)[C@H](C[C@@H](OC(C)=O)c1nc(C(=O)C[C@@H](Cc2ccc(OP(=O)(O)O)c(NC(=O)CCCCN3C(=O)C=CC3=O)c2)CC(C)C(=O)O)cs1)C(C)C. The van der Waals surface area contributed by atoms with Crippen LogP contribution in [0.1, 0.15) is 139 Å². The Labute approximate surface area is 414 Å². The molecule has 0 aliphatic carbocycles. The number of likely N-dealkylation sites (tertiary alicyclic amines) is 1. The number of imide groups is 1. The number of Topliss-reactive ketones (excluding diaryl/α,β-unsaturated/α-hetero) is 2. The number of phosphoric acid groups is 1. The zero-order chi connectivity index (χ0) is 52.0. The van der Waals surface area contributed by atoms with Gasteiger partial charge in [0.1, 0.15) is 10.7 Å². The molecule has 21 heteroatoms. The van der Waals surface area contributed by atoms with Crippen LogP contribution in [0.3, 0.4) is 0 Å². The number of thiazole rings is 1. The first kappa shape index (κ1) is 57.4. The molecule has 1 aromatic heterocycles. The number of unbranched alkanes of at least 4 members (excludes halogenated alkanes) is 1. The van der Waals surface area contributed by atoms with Gasteiger partial charge in [-0.05, 0) is 87.6 Å². The Morgan fingerprint density at radius 3 is 2.29 bits per heavy atom. The molecule has 0 bridgehead atoms. The van der Waals surface area contributed by atoms with Crippen molar-refractivity contribution in [3.63, 3.8) is 0 Å².